The molecule has 0 spiro atoms. The number of aromatic hydroxyl groups is 1. The van der Waals surface area contributed by atoms with E-state index in [1.54, 1.807) is 61.7 Å². The Labute approximate surface area is 189 Å². The Hall–Kier alpha value is -4.47. The summed E-state index contributed by atoms with van der Waals surface area (Å²) in [5.74, 6) is -1.38. The first-order valence-electron chi connectivity index (χ1n) is 9.84. The van der Waals surface area contributed by atoms with Crippen LogP contribution < -0.4 is 10.1 Å². The van der Waals surface area contributed by atoms with Crippen LogP contribution in [0.25, 0.3) is 17.0 Å². The van der Waals surface area contributed by atoms with Crippen molar-refractivity contribution in [3.8, 4) is 11.6 Å². The zero-order valence-electron chi connectivity index (χ0n) is 18.0. The minimum Gasteiger partial charge on any atom is -0.497 e. The third kappa shape index (κ3) is 5.82. The van der Waals surface area contributed by atoms with E-state index in [4.69, 9.17) is 4.74 Å². The van der Waals surface area contributed by atoms with Gasteiger partial charge < -0.3 is 19.9 Å². The Kier molecular flexibility index (Phi) is 7.53. The van der Waals surface area contributed by atoms with Gasteiger partial charge in [0.2, 0.25) is 11.8 Å². The number of carbonyl (C=O) groups is 3. The normalized spacial score (nSPS) is 11.2. The van der Waals surface area contributed by atoms with E-state index in [1.807, 2.05) is 0 Å². The molecule has 170 valence electrons. The number of esters is 1. The molecule has 1 heterocycles. The number of carbonyl (C=O) groups excluding carboxylic acids is 3. The molecule has 3 rings (SSSR count). The largest absolute Gasteiger partial charge is 0.497 e. The summed E-state index contributed by atoms with van der Waals surface area (Å²) in [6, 6.07) is 13.9. The van der Waals surface area contributed by atoms with Gasteiger partial charge in [-0.15, -0.1) is 10.2 Å². The first-order chi connectivity index (χ1) is 15.9. The van der Waals surface area contributed by atoms with E-state index >= 15 is 0 Å². The standard InChI is InChI=1S/C23H22N4O6/c1-32-16-10-7-15(8-11-16)9-12-19(28)24-13-20(29)25-26-22-17-5-3-4-6-18(17)27(23(22)31)14-21(30)33-2/h3-12,31H,13-14H2,1-2H3,(H,24,28)/b12-9+,26-25?. The summed E-state index contributed by atoms with van der Waals surface area (Å²) in [5, 5.41) is 20.8. The van der Waals surface area contributed by atoms with E-state index in [2.05, 4.69) is 20.3 Å². The number of amides is 2. The molecule has 0 unspecified atom stereocenters. The Balaban J connectivity index is 1.64. The number of fused-ring (bicyclic) bond motifs is 1. The van der Waals surface area contributed by atoms with Crippen molar-refractivity contribution in [2.45, 2.75) is 6.54 Å². The first-order valence-corrected chi connectivity index (χ1v) is 9.84. The fourth-order valence-electron chi connectivity index (χ4n) is 2.97. The summed E-state index contributed by atoms with van der Waals surface area (Å²) < 4.78 is 11.0. The van der Waals surface area contributed by atoms with E-state index < -0.39 is 17.8 Å². The molecule has 0 aliphatic carbocycles. The second kappa shape index (κ2) is 10.7. The van der Waals surface area contributed by atoms with Gasteiger partial charge in [-0.2, -0.15) is 0 Å². The third-order valence-electron chi connectivity index (χ3n) is 4.65. The van der Waals surface area contributed by atoms with Crippen LogP contribution in [0.1, 0.15) is 5.56 Å². The van der Waals surface area contributed by atoms with Gasteiger partial charge in [0, 0.05) is 11.5 Å². The van der Waals surface area contributed by atoms with Gasteiger partial charge in [-0.25, -0.2) is 0 Å². The van der Waals surface area contributed by atoms with Gasteiger partial charge in [-0.05, 0) is 29.8 Å². The summed E-state index contributed by atoms with van der Waals surface area (Å²) >= 11 is 0. The van der Waals surface area contributed by atoms with Gasteiger partial charge in [-0.1, -0.05) is 30.3 Å². The number of methoxy groups -OCH3 is 2. The molecule has 0 bridgehead atoms. The first kappa shape index (κ1) is 23.2. The van der Waals surface area contributed by atoms with Gasteiger partial charge in [0.1, 0.15) is 18.8 Å². The molecular formula is C23H22N4O6. The van der Waals surface area contributed by atoms with E-state index in [0.29, 0.717) is 16.7 Å². The summed E-state index contributed by atoms with van der Waals surface area (Å²) in [6.07, 6.45) is 2.88. The third-order valence-corrected chi connectivity index (χ3v) is 4.65. The lowest BCUT2D eigenvalue weighted by Gasteiger charge is -2.04. The van der Waals surface area contributed by atoms with Gasteiger partial charge in [-0.3, -0.25) is 19.0 Å². The number of nitrogens with zero attached hydrogens (tertiary/aromatic N) is 3. The summed E-state index contributed by atoms with van der Waals surface area (Å²) in [7, 11) is 2.80. The molecule has 10 nitrogen and oxygen atoms in total. The predicted molar refractivity (Wildman–Crippen MR) is 120 cm³/mol. The molecule has 2 amide bonds. The molecule has 0 saturated heterocycles. The van der Waals surface area contributed by atoms with Crippen molar-refractivity contribution in [3.05, 3.63) is 60.2 Å². The fourth-order valence-corrected chi connectivity index (χ4v) is 2.97. The highest BCUT2D eigenvalue weighted by atomic mass is 16.5. The Morgan fingerprint density at radius 1 is 1.09 bits per heavy atom. The van der Waals surface area contributed by atoms with Crippen LogP contribution in [0.4, 0.5) is 5.69 Å². The SMILES string of the molecule is COC(=O)Cn1c(O)c(N=NC(=O)CNC(=O)/C=C/c2ccc(OC)cc2)c2ccccc21. The van der Waals surface area contributed by atoms with E-state index in [0.717, 1.165) is 5.56 Å². The molecule has 10 heteroatoms. The summed E-state index contributed by atoms with van der Waals surface area (Å²) in [5.41, 5.74) is 1.35. The Bertz CT molecular complexity index is 1230. The van der Waals surface area contributed by atoms with Gasteiger partial charge in [0.05, 0.1) is 19.7 Å². The molecule has 2 N–H and O–H groups in total. The smallest absolute Gasteiger partial charge is 0.325 e. The van der Waals surface area contributed by atoms with Gasteiger partial charge in [0.15, 0.2) is 5.69 Å². The molecule has 1 aromatic heterocycles. The zero-order chi connectivity index (χ0) is 23.8. The molecule has 33 heavy (non-hydrogen) atoms. The van der Waals surface area contributed by atoms with Crippen LogP contribution in [0.2, 0.25) is 0 Å². The molecule has 2 aromatic carbocycles. The van der Waals surface area contributed by atoms with E-state index in [1.165, 1.54) is 17.8 Å². The molecule has 3 aromatic rings. The predicted octanol–water partition coefficient (Wildman–Crippen LogP) is 2.97. The zero-order valence-corrected chi connectivity index (χ0v) is 18.0. The van der Waals surface area contributed by atoms with Crippen molar-refractivity contribution in [2.75, 3.05) is 20.8 Å². The van der Waals surface area contributed by atoms with E-state index in [-0.39, 0.29) is 24.7 Å². The number of benzene rings is 2. The Morgan fingerprint density at radius 2 is 1.82 bits per heavy atom. The maximum atomic E-state index is 12.1. The van der Waals surface area contributed by atoms with Crippen molar-refractivity contribution >= 4 is 40.4 Å². The van der Waals surface area contributed by atoms with Crippen LogP contribution in [0.5, 0.6) is 11.6 Å². The van der Waals surface area contributed by atoms with Crippen molar-refractivity contribution in [2.24, 2.45) is 10.2 Å². The molecule has 0 saturated carbocycles. The van der Waals surface area contributed by atoms with Crippen molar-refractivity contribution in [1.82, 2.24) is 9.88 Å². The second-order valence-corrected chi connectivity index (χ2v) is 6.77. The summed E-state index contributed by atoms with van der Waals surface area (Å²) in [4.78, 5) is 35.7. The topological polar surface area (TPSA) is 132 Å². The molecule has 0 fully saturated rings. The van der Waals surface area contributed by atoms with E-state index in [9.17, 15) is 19.5 Å². The highest BCUT2D eigenvalue weighted by Crippen LogP contribution is 2.38. The average molecular weight is 450 g/mol. The quantitative estimate of drug-likeness (QED) is 0.308. The molecule has 0 atom stereocenters. The van der Waals surface area contributed by atoms with Crippen LogP contribution in [0.3, 0.4) is 0 Å². The number of hydrogen-bond acceptors (Lipinski definition) is 7. The minimum atomic E-state index is -0.717. The van der Waals surface area contributed by atoms with Gasteiger partial charge in [0.25, 0.3) is 5.91 Å². The van der Waals surface area contributed by atoms with Crippen LogP contribution in [0.15, 0.2) is 64.8 Å². The number of para-hydroxylation sites is 1. The van der Waals surface area contributed by atoms with Crippen LogP contribution in [-0.2, 0) is 25.7 Å². The maximum Gasteiger partial charge on any atom is 0.325 e. The lowest BCUT2D eigenvalue weighted by molar-refractivity contribution is -0.141. The van der Waals surface area contributed by atoms with Crippen molar-refractivity contribution in [3.63, 3.8) is 0 Å². The molecule has 0 radical (unpaired) electrons. The maximum absolute atomic E-state index is 12.1. The van der Waals surface area contributed by atoms with Crippen molar-refractivity contribution in [1.29, 1.82) is 0 Å². The fraction of sp³-hybridized carbons (Fsp3) is 0.174. The lowest BCUT2D eigenvalue weighted by atomic mass is 10.2. The van der Waals surface area contributed by atoms with Crippen LogP contribution >= 0.6 is 0 Å². The molecule has 0 aliphatic rings. The molecule has 0 aliphatic heterocycles. The number of ether oxygens (including phenoxy) is 2. The van der Waals surface area contributed by atoms with Crippen LogP contribution in [-0.4, -0.2) is 48.2 Å². The Morgan fingerprint density at radius 3 is 2.52 bits per heavy atom. The van der Waals surface area contributed by atoms with Crippen LogP contribution in [0, 0.1) is 0 Å². The second-order valence-electron chi connectivity index (χ2n) is 6.77. The minimum absolute atomic E-state index is 0.0357. The summed E-state index contributed by atoms with van der Waals surface area (Å²) in [6.45, 7) is -0.611. The number of hydrogen-bond donors (Lipinski definition) is 2. The highest BCUT2D eigenvalue weighted by molar-refractivity contribution is 5.97. The number of nitrogens with one attached hydrogen (secondary N) is 1. The monoisotopic (exact) mass is 450 g/mol. The number of aromatic nitrogens is 1. The highest BCUT2D eigenvalue weighted by Gasteiger charge is 2.18. The van der Waals surface area contributed by atoms with Crippen molar-refractivity contribution < 1.29 is 29.0 Å². The number of rotatable bonds is 8. The lowest BCUT2D eigenvalue weighted by Crippen LogP contribution is -2.26. The average Bonchev–Trinajstić information content (AvgIpc) is 3.10. The molecular weight excluding hydrogens is 428 g/mol. The number of azo groups is 1. The van der Waals surface area contributed by atoms with Gasteiger partial charge >= 0.3 is 5.97 Å².